The topological polar surface area (TPSA) is 73.2 Å². The molecule has 1 aliphatic rings. The number of morpholine rings is 1. The molecular formula is C26H30N2O5. The molecule has 2 heterocycles. The first-order chi connectivity index (χ1) is 16.1. The van der Waals surface area contributed by atoms with Gasteiger partial charge in [0.2, 0.25) is 0 Å². The number of ether oxygens (including phenoxy) is 3. The van der Waals surface area contributed by atoms with E-state index >= 15 is 0 Å². The summed E-state index contributed by atoms with van der Waals surface area (Å²) in [6.07, 6.45) is 0. The maximum absolute atomic E-state index is 12.9. The first-order valence-corrected chi connectivity index (χ1v) is 11.1. The number of furan rings is 1. The molecule has 0 aliphatic carbocycles. The lowest BCUT2D eigenvalue weighted by Crippen LogP contribution is -2.43. The number of hydrogen-bond acceptors (Lipinski definition) is 6. The Balaban J connectivity index is 1.42. The molecule has 7 heteroatoms. The van der Waals surface area contributed by atoms with Crippen molar-refractivity contribution < 1.29 is 23.4 Å². The molecule has 174 valence electrons. The number of aryl methyl sites for hydroxylation is 1. The number of nitrogens with zero attached hydrogens (tertiary/aromatic N) is 1. The third-order valence-corrected chi connectivity index (χ3v) is 5.69. The molecule has 1 N–H and O–H groups in total. The van der Waals surface area contributed by atoms with Crippen LogP contribution in [0.15, 0.2) is 65.1 Å². The molecule has 2 aromatic carbocycles. The van der Waals surface area contributed by atoms with Crippen molar-refractivity contribution in [3.8, 4) is 11.5 Å². The van der Waals surface area contributed by atoms with Gasteiger partial charge in [0.15, 0.2) is 11.5 Å². The van der Waals surface area contributed by atoms with Gasteiger partial charge < -0.3 is 23.9 Å². The Morgan fingerprint density at radius 2 is 1.85 bits per heavy atom. The zero-order valence-corrected chi connectivity index (χ0v) is 19.1. The van der Waals surface area contributed by atoms with E-state index in [1.54, 1.807) is 25.3 Å². The van der Waals surface area contributed by atoms with Crippen LogP contribution in [0.2, 0.25) is 0 Å². The number of benzene rings is 2. The van der Waals surface area contributed by atoms with Crippen LogP contribution in [0.3, 0.4) is 0 Å². The predicted octanol–water partition coefficient (Wildman–Crippen LogP) is 3.98. The van der Waals surface area contributed by atoms with E-state index in [0.717, 1.165) is 30.2 Å². The number of nitrogens with one attached hydrogen (secondary N) is 1. The fourth-order valence-corrected chi connectivity index (χ4v) is 3.89. The molecular weight excluding hydrogens is 420 g/mol. The van der Waals surface area contributed by atoms with Crippen molar-refractivity contribution in [2.45, 2.75) is 19.6 Å². The van der Waals surface area contributed by atoms with Gasteiger partial charge in [-0.05, 0) is 42.8 Å². The molecule has 0 radical (unpaired) electrons. The van der Waals surface area contributed by atoms with Gasteiger partial charge in [-0.2, -0.15) is 0 Å². The molecule has 33 heavy (non-hydrogen) atoms. The molecule has 0 saturated carbocycles. The van der Waals surface area contributed by atoms with Gasteiger partial charge in [-0.15, -0.1) is 0 Å². The average Bonchev–Trinajstić information content (AvgIpc) is 3.29. The van der Waals surface area contributed by atoms with Crippen LogP contribution in [0.4, 0.5) is 0 Å². The molecule has 1 atom stereocenters. The van der Waals surface area contributed by atoms with Crippen molar-refractivity contribution in [1.82, 2.24) is 10.2 Å². The highest BCUT2D eigenvalue weighted by Crippen LogP contribution is 2.29. The Labute approximate surface area is 194 Å². The molecule has 0 spiro atoms. The van der Waals surface area contributed by atoms with E-state index in [4.69, 9.17) is 18.6 Å². The molecule has 3 aromatic rings. The van der Waals surface area contributed by atoms with Crippen molar-refractivity contribution in [3.05, 3.63) is 83.3 Å². The zero-order valence-electron chi connectivity index (χ0n) is 19.1. The second-order valence-corrected chi connectivity index (χ2v) is 7.96. The van der Waals surface area contributed by atoms with E-state index in [2.05, 4.69) is 10.2 Å². The third-order valence-electron chi connectivity index (χ3n) is 5.69. The molecule has 1 aromatic heterocycles. The summed E-state index contributed by atoms with van der Waals surface area (Å²) in [5.41, 5.74) is 1.57. The number of hydrogen-bond donors (Lipinski definition) is 1. The van der Waals surface area contributed by atoms with E-state index in [0.29, 0.717) is 43.4 Å². The highest BCUT2D eigenvalue weighted by Gasteiger charge is 2.26. The van der Waals surface area contributed by atoms with E-state index in [9.17, 15) is 4.79 Å². The zero-order chi connectivity index (χ0) is 23.0. The van der Waals surface area contributed by atoms with E-state index in [1.165, 1.54) is 0 Å². The summed E-state index contributed by atoms with van der Waals surface area (Å²) in [7, 11) is 1.57. The summed E-state index contributed by atoms with van der Waals surface area (Å²) in [5.74, 6) is 2.63. The van der Waals surface area contributed by atoms with Gasteiger partial charge in [-0.3, -0.25) is 9.69 Å². The van der Waals surface area contributed by atoms with Gasteiger partial charge in [-0.1, -0.05) is 30.3 Å². The SMILES string of the molecule is COc1cc(C(=O)NC[C@H](c2ccc(C)o2)N2CCOCC2)ccc1OCc1ccccc1. The largest absolute Gasteiger partial charge is 0.493 e. The first kappa shape index (κ1) is 22.9. The molecule has 0 unspecified atom stereocenters. The molecule has 1 saturated heterocycles. The molecule has 7 nitrogen and oxygen atoms in total. The Kier molecular flexibility index (Phi) is 7.65. The Bertz CT molecular complexity index is 1040. The second-order valence-electron chi connectivity index (χ2n) is 7.96. The van der Waals surface area contributed by atoms with Gasteiger partial charge >= 0.3 is 0 Å². The number of rotatable bonds is 9. The second kappa shape index (κ2) is 11.0. The number of amides is 1. The van der Waals surface area contributed by atoms with E-state index in [-0.39, 0.29) is 11.9 Å². The summed E-state index contributed by atoms with van der Waals surface area (Å²) in [5, 5.41) is 3.05. The summed E-state index contributed by atoms with van der Waals surface area (Å²) in [4.78, 5) is 15.2. The quantitative estimate of drug-likeness (QED) is 0.532. The average molecular weight is 451 g/mol. The minimum Gasteiger partial charge on any atom is -0.493 e. The summed E-state index contributed by atoms with van der Waals surface area (Å²) in [6.45, 7) is 5.71. The summed E-state index contributed by atoms with van der Waals surface area (Å²) < 4.78 is 22.7. The smallest absolute Gasteiger partial charge is 0.251 e. The molecule has 1 aliphatic heterocycles. The van der Waals surface area contributed by atoms with Crippen molar-refractivity contribution in [2.75, 3.05) is 40.0 Å². The third kappa shape index (κ3) is 5.94. The Morgan fingerprint density at radius 3 is 2.55 bits per heavy atom. The lowest BCUT2D eigenvalue weighted by Gasteiger charge is -2.33. The van der Waals surface area contributed by atoms with Crippen molar-refractivity contribution >= 4 is 5.91 Å². The number of methoxy groups -OCH3 is 1. The fourth-order valence-electron chi connectivity index (χ4n) is 3.89. The predicted molar refractivity (Wildman–Crippen MR) is 125 cm³/mol. The summed E-state index contributed by atoms with van der Waals surface area (Å²) in [6, 6.07) is 19.0. The highest BCUT2D eigenvalue weighted by atomic mass is 16.5. The first-order valence-electron chi connectivity index (χ1n) is 11.1. The minimum atomic E-state index is -0.176. The van der Waals surface area contributed by atoms with Crippen LogP contribution in [0.5, 0.6) is 11.5 Å². The standard InChI is InChI=1S/C26H30N2O5/c1-19-8-10-23(33-19)22(28-12-14-31-15-13-28)17-27-26(29)21-9-11-24(25(16-21)30-2)32-18-20-6-4-3-5-7-20/h3-11,16,22H,12-15,17-18H2,1-2H3,(H,27,29)/t22-/m1/s1. The maximum Gasteiger partial charge on any atom is 0.251 e. The Hall–Kier alpha value is -3.29. The van der Waals surface area contributed by atoms with Crippen LogP contribution in [0.1, 0.15) is 33.5 Å². The molecule has 4 rings (SSSR count). The van der Waals surface area contributed by atoms with E-state index < -0.39 is 0 Å². The molecule has 1 fully saturated rings. The Morgan fingerprint density at radius 1 is 1.06 bits per heavy atom. The summed E-state index contributed by atoms with van der Waals surface area (Å²) >= 11 is 0. The van der Waals surface area contributed by atoms with Crippen LogP contribution in [0, 0.1) is 6.92 Å². The van der Waals surface area contributed by atoms with Crippen LogP contribution < -0.4 is 14.8 Å². The number of carbonyl (C=O) groups is 1. The van der Waals surface area contributed by atoms with Gasteiger partial charge in [0.05, 0.1) is 26.4 Å². The van der Waals surface area contributed by atoms with Crippen molar-refractivity contribution in [1.29, 1.82) is 0 Å². The maximum atomic E-state index is 12.9. The van der Waals surface area contributed by atoms with Crippen LogP contribution in [-0.2, 0) is 11.3 Å². The van der Waals surface area contributed by atoms with Crippen molar-refractivity contribution in [2.24, 2.45) is 0 Å². The van der Waals surface area contributed by atoms with Crippen LogP contribution in [0.25, 0.3) is 0 Å². The molecule has 1 amide bonds. The lowest BCUT2D eigenvalue weighted by molar-refractivity contribution is 0.0117. The van der Waals surface area contributed by atoms with E-state index in [1.807, 2.05) is 49.4 Å². The van der Waals surface area contributed by atoms with Gasteiger partial charge in [0, 0.05) is 25.2 Å². The van der Waals surface area contributed by atoms with Gasteiger partial charge in [-0.25, -0.2) is 0 Å². The fraction of sp³-hybridized carbons (Fsp3) is 0.346. The van der Waals surface area contributed by atoms with Crippen molar-refractivity contribution in [3.63, 3.8) is 0 Å². The van der Waals surface area contributed by atoms with Gasteiger partial charge in [0.25, 0.3) is 5.91 Å². The molecule has 0 bridgehead atoms. The number of carbonyl (C=O) groups excluding carboxylic acids is 1. The van der Waals surface area contributed by atoms with Crippen LogP contribution in [-0.4, -0.2) is 50.8 Å². The van der Waals surface area contributed by atoms with Crippen LogP contribution >= 0.6 is 0 Å². The monoisotopic (exact) mass is 450 g/mol. The minimum absolute atomic E-state index is 0.0538. The van der Waals surface area contributed by atoms with Gasteiger partial charge in [0.1, 0.15) is 18.1 Å². The highest BCUT2D eigenvalue weighted by molar-refractivity contribution is 5.94. The normalized spacial score (nSPS) is 15.1. The lowest BCUT2D eigenvalue weighted by atomic mass is 10.1.